The molecule has 1 aromatic carbocycles. The van der Waals surface area contributed by atoms with E-state index >= 15 is 0 Å². The summed E-state index contributed by atoms with van der Waals surface area (Å²) in [5.74, 6) is 0.874. The summed E-state index contributed by atoms with van der Waals surface area (Å²) in [4.78, 5) is 2.26. The van der Waals surface area contributed by atoms with Crippen LogP contribution in [0.15, 0.2) is 28.7 Å². The van der Waals surface area contributed by atoms with E-state index in [0.29, 0.717) is 6.61 Å². The molecule has 1 saturated heterocycles. The van der Waals surface area contributed by atoms with Crippen LogP contribution in [0.5, 0.6) is 5.75 Å². The molecule has 0 spiro atoms. The van der Waals surface area contributed by atoms with E-state index in [1.165, 1.54) is 0 Å². The first kappa shape index (κ1) is 11.9. The summed E-state index contributed by atoms with van der Waals surface area (Å²) in [5.41, 5.74) is 0. The van der Waals surface area contributed by atoms with Crippen LogP contribution in [0, 0.1) is 0 Å². The second-order valence-electron chi connectivity index (χ2n) is 4.00. The average Bonchev–Trinajstić information content (AvgIpc) is 2.28. The van der Waals surface area contributed by atoms with Gasteiger partial charge in [-0.25, -0.2) is 0 Å². The van der Waals surface area contributed by atoms with E-state index in [0.717, 1.165) is 29.9 Å². The van der Waals surface area contributed by atoms with Gasteiger partial charge in [-0.2, -0.15) is 0 Å². The van der Waals surface area contributed by atoms with Crippen molar-refractivity contribution in [2.24, 2.45) is 0 Å². The molecule has 4 heteroatoms. The van der Waals surface area contributed by atoms with Gasteiger partial charge in [-0.05, 0) is 35.1 Å². The fraction of sp³-hybridized carbons (Fsp3) is 0.500. The van der Waals surface area contributed by atoms with E-state index in [-0.39, 0.29) is 6.10 Å². The second kappa shape index (κ2) is 5.66. The maximum atomic E-state index is 5.73. The van der Waals surface area contributed by atoms with Gasteiger partial charge < -0.3 is 14.4 Å². The number of ether oxygens (including phenoxy) is 2. The molecule has 0 aromatic heterocycles. The number of hydrogen-bond acceptors (Lipinski definition) is 3. The molecular weight excluding hydrogens is 270 g/mol. The van der Waals surface area contributed by atoms with Gasteiger partial charge in [0.2, 0.25) is 0 Å². The molecule has 0 amide bonds. The molecule has 1 fully saturated rings. The zero-order valence-electron chi connectivity index (χ0n) is 9.36. The van der Waals surface area contributed by atoms with Gasteiger partial charge in [0, 0.05) is 13.1 Å². The molecule has 0 N–H and O–H groups in total. The Kier molecular flexibility index (Phi) is 4.21. The molecule has 1 aliphatic heterocycles. The lowest BCUT2D eigenvalue weighted by molar-refractivity contribution is -0.0404. The minimum Gasteiger partial charge on any atom is -0.490 e. The highest BCUT2D eigenvalue weighted by Crippen LogP contribution is 2.24. The number of hydrogen-bond donors (Lipinski definition) is 0. The van der Waals surface area contributed by atoms with Crippen LogP contribution in [0.3, 0.4) is 0 Å². The SMILES string of the molecule is CN1CCO[C@H](COc2ccccc2Br)C1. The Bertz CT molecular complexity index is 346. The molecule has 16 heavy (non-hydrogen) atoms. The Morgan fingerprint density at radius 2 is 2.31 bits per heavy atom. The number of rotatable bonds is 3. The summed E-state index contributed by atoms with van der Waals surface area (Å²) >= 11 is 3.46. The van der Waals surface area contributed by atoms with Gasteiger partial charge in [0.05, 0.1) is 11.1 Å². The Labute approximate surface area is 104 Å². The lowest BCUT2D eigenvalue weighted by Gasteiger charge is -2.29. The van der Waals surface area contributed by atoms with Crippen LogP contribution in [-0.2, 0) is 4.74 Å². The molecule has 1 atom stereocenters. The first-order valence-electron chi connectivity index (χ1n) is 5.43. The van der Waals surface area contributed by atoms with E-state index in [1.807, 2.05) is 24.3 Å². The van der Waals surface area contributed by atoms with Crippen LogP contribution in [-0.4, -0.2) is 44.4 Å². The third kappa shape index (κ3) is 3.20. The summed E-state index contributed by atoms with van der Waals surface area (Å²) in [7, 11) is 2.11. The maximum absolute atomic E-state index is 5.73. The van der Waals surface area contributed by atoms with Crippen LogP contribution in [0.4, 0.5) is 0 Å². The predicted octanol–water partition coefficient (Wildman–Crippen LogP) is 2.16. The largest absolute Gasteiger partial charge is 0.490 e. The summed E-state index contributed by atoms with van der Waals surface area (Å²) in [6.07, 6.45) is 0.172. The number of para-hydroxylation sites is 1. The standard InChI is InChI=1S/C12H16BrNO2/c1-14-6-7-15-10(8-14)9-16-12-5-3-2-4-11(12)13/h2-5,10H,6-9H2,1H3/t10-/m0/s1. The molecule has 1 aliphatic rings. The smallest absolute Gasteiger partial charge is 0.133 e. The van der Waals surface area contributed by atoms with E-state index in [2.05, 4.69) is 27.9 Å². The van der Waals surface area contributed by atoms with Crippen molar-refractivity contribution in [2.75, 3.05) is 33.4 Å². The molecule has 0 radical (unpaired) electrons. The predicted molar refractivity (Wildman–Crippen MR) is 66.9 cm³/mol. The van der Waals surface area contributed by atoms with Crippen LogP contribution < -0.4 is 4.74 Å². The van der Waals surface area contributed by atoms with Crippen LogP contribution in [0.1, 0.15) is 0 Å². The fourth-order valence-electron chi connectivity index (χ4n) is 1.71. The number of nitrogens with zero attached hydrogens (tertiary/aromatic N) is 1. The first-order valence-corrected chi connectivity index (χ1v) is 6.22. The van der Waals surface area contributed by atoms with Crippen molar-refractivity contribution >= 4 is 15.9 Å². The Hall–Kier alpha value is -0.580. The third-order valence-electron chi connectivity index (χ3n) is 2.60. The van der Waals surface area contributed by atoms with Gasteiger partial charge >= 0.3 is 0 Å². The van der Waals surface area contributed by atoms with Gasteiger partial charge in [0.15, 0.2) is 0 Å². The molecular formula is C12H16BrNO2. The van der Waals surface area contributed by atoms with E-state index < -0.39 is 0 Å². The highest BCUT2D eigenvalue weighted by molar-refractivity contribution is 9.10. The Morgan fingerprint density at radius 3 is 3.06 bits per heavy atom. The maximum Gasteiger partial charge on any atom is 0.133 e. The van der Waals surface area contributed by atoms with E-state index in [4.69, 9.17) is 9.47 Å². The van der Waals surface area contributed by atoms with E-state index in [1.54, 1.807) is 0 Å². The van der Waals surface area contributed by atoms with Crippen molar-refractivity contribution in [1.29, 1.82) is 0 Å². The minimum atomic E-state index is 0.172. The number of halogens is 1. The Morgan fingerprint density at radius 1 is 1.50 bits per heavy atom. The lowest BCUT2D eigenvalue weighted by atomic mass is 10.3. The molecule has 0 unspecified atom stereocenters. The van der Waals surface area contributed by atoms with E-state index in [9.17, 15) is 0 Å². The molecule has 0 aliphatic carbocycles. The summed E-state index contributed by atoms with van der Waals surface area (Å²) < 4.78 is 12.3. The monoisotopic (exact) mass is 285 g/mol. The Balaban J connectivity index is 1.85. The quantitative estimate of drug-likeness (QED) is 0.850. The molecule has 1 aromatic rings. The summed E-state index contributed by atoms with van der Waals surface area (Å²) in [6.45, 7) is 3.34. The van der Waals surface area contributed by atoms with Crippen LogP contribution in [0.2, 0.25) is 0 Å². The number of morpholine rings is 1. The van der Waals surface area contributed by atoms with Gasteiger partial charge in [-0.1, -0.05) is 12.1 Å². The van der Waals surface area contributed by atoms with Gasteiger partial charge in [-0.15, -0.1) is 0 Å². The lowest BCUT2D eigenvalue weighted by Crippen LogP contribution is -2.42. The van der Waals surface area contributed by atoms with Crippen molar-refractivity contribution in [3.8, 4) is 5.75 Å². The van der Waals surface area contributed by atoms with Crippen LogP contribution in [0.25, 0.3) is 0 Å². The topological polar surface area (TPSA) is 21.7 Å². The first-order chi connectivity index (χ1) is 7.75. The van der Waals surface area contributed by atoms with Crippen molar-refractivity contribution in [1.82, 2.24) is 4.90 Å². The summed E-state index contributed by atoms with van der Waals surface area (Å²) in [6, 6.07) is 7.87. The zero-order chi connectivity index (χ0) is 11.4. The molecule has 0 saturated carbocycles. The van der Waals surface area contributed by atoms with Crippen LogP contribution >= 0.6 is 15.9 Å². The van der Waals surface area contributed by atoms with Crippen molar-refractivity contribution in [2.45, 2.75) is 6.10 Å². The highest BCUT2D eigenvalue weighted by atomic mass is 79.9. The molecule has 2 rings (SSSR count). The molecule has 88 valence electrons. The normalized spacial score (nSPS) is 22.0. The molecule has 0 bridgehead atoms. The average molecular weight is 286 g/mol. The second-order valence-corrected chi connectivity index (χ2v) is 4.85. The fourth-order valence-corrected chi connectivity index (χ4v) is 2.11. The third-order valence-corrected chi connectivity index (χ3v) is 3.26. The van der Waals surface area contributed by atoms with Crippen molar-refractivity contribution in [3.63, 3.8) is 0 Å². The highest BCUT2D eigenvalue weighted by Gasteiger charge is 2.18. The molecule has 3 nitrogen and oxygen atoms in total. The van der Waals surface area contributed by atoms with Gasteiger partial charge in [0.1, 0.15) is 18.5 Å². The number of likely N-dealkylation sites (N-methyl/N-ethyl adjacent to an activating group) is 1. The van der Waals surface area contributed by atoms with Crippen molar-refractivity contribution in [3.05, 3.63) is 28.7 Å². The summed E-state index contributed by atoms with van der Waals surface area (Å²) in [5, 5.41) is 0. The van der Waals surface area contributed by atoms with Crippen molar-refractivity contribution < 1.29 is 9.47 Å². The zero-order valence-corrected chi connectivity index (χ0v) is 10.9. The minimum absolute atomic E-state index is 0.172. The van der Waals surface area contributed by atoms with Gasteiger partial charge in [0.25, 0.3) is 0 Å². The van der Waals surface area contributed by atoms with Gasteiger partial charge in [-0.3, -0.25) is 0 Å². The molecule has 1 heterocycles. The number of benzene rings is 1.